The maximum absolute atomic E-state index is 13.0. The van der Waals surface area contributed by atoms with Crippen LogP contribution in [0.5, 0.6) is 0 Å². The van der Waals surface area contributed by atoms with E-state index in [0.29, 0.717) is 22.6 Å². The number of fused-ring (bicyclic) bond motifs is 1. The highest BCUT2D eigenvalue weighted by molar-refractivity contribution is 7.15. The summed E-state index contributed by atoms with van der Waals surface area (Å²) in [6.45, 7) is 2.71. The normalized spacial score (nSPS) is 11.0. The van der Waals surface area contributed by atoms with Crippen molar-refractivity contribution in [3.05, 3.63) is 70.5 Å². The SMILES string of the molecule is CCn1nnc2cc(C(=O)Nc3ncc(Cc4ccc(F)cc4)s3)ccc21. The summed E-state index contributed by atoms with van der Waals surface area (Å²) in [4.78, 5) is 17.7. The lowest BCUT2D eigenvalue weighted by Gasteiger charge is -2.02. The molecule has 2 heterocycles. The summed E-state index contributed by atoms with van der Waals surface area (Å²) in [5, 5.41) is 11.5. The highest BCUT2D eigenvalue weighted by atomic mass is 32.1. The van der Waals surface area contributed by atoms with E-state index in [4.69, 9.17) is 0 Å². The first-order valence-electron chi connectivity index (χ1n) is 8.46. The number of halogens is 1. The number of hydrogen-bond acceptors (Lipinski definition) is 5. The van der Waals surface area contributed by atoms with Crippen molar-refractivity contribution in [2.75, 3.05) is 5.32 Å². The molecule has 8 heteroatoms. The van der Waals surface area contributed by atoms with Gasteiger partial charge in [0.2, 0.25) is 0 Å². The van der Waals surface area contributed by atoms with Crippen LogP contribution in [0.2, 0.25) is 0 Å². The minimum absolute atomic E-state index is 0.245. The van der Waals surface area contributed by atoms with E-state index in [1.807, 2.05) is 13.0 Å². The van der Waals surface area contributed by atoms with E-state index in [2.05, 4.69) is 20.6 Å². The number of amides is 1. The Bertz CT molecular complexity index is 1100. The van der Waals surface area contributed by atoms with Crippen LogP contribution in [-0.4, -0.2) is 25.9 Å². The molecule has 0 fully saturated rings. The lowest BCUT2D eigenvalue weighted by atomic mass is 10.1. The predicted molar refractivity (Wildman–Crippen MR) is 102 cm³/mol. The van der Waals surface area contributed by atoms with E-state index in [-0.39, 0.29) is 11.7 Å². The lowest BCUT2D eigenvalue weighted by molar-refractivity contribution is 0.102. The zero-order chi connectivity index (χ0) is 18.8. The third kappa shape index (κ3) is 3.70. The van der Waals surface area contributed by atoms with Gasteiger partial charge >= 0.3 is 0 Å². The van der Waals surface area contributed by atoms with Gasteiger partial charge in [-0.15, -0.1) is 16.4 Å². The summed E-state index contributed by atoms with van der Waals surface area (Å²) in [5.41, 5.74) is 3.06. The molecule has 0 radical (unpaired) electrons. The number of nitrogens with zero attached hydrogens (tertiary/aromatic N) is 4. The van der Waals surface area contributed by atoms with Crippen molar-refractivity contribution < 1.29 is 9.18 Å². The Labute approximate surface area is 158 Å². The van der Waals surface area contributed by atoms with Gasteiger partial charge in [-0.1, -0.05) is 17.3 Å². The zero-order valence-corrected chi connectivity index (χ0v) is 15.3. The number of nitrogens with one attached hydrogen (secondary N) is 1. The second-order valence-corrected chi connectivity index (χ2v) is 7.11. The molecule has 4 rings (SSSR count). The second-order valence-electron chi connectivity index (χ2n) is 6.00. The number of aryl methyl sites for hydroxylation is 1. The zero-order valence-electron chi connectivity index (χ0n) is 14.5. The average Bonchev–Trinajstić information content (AvgIpc) is 3.29. The van der Waals surface area contributed by atoms with Crippen LogP contribution < -0.4 is 5.32 Å². The maximum Gasteiger partial charge on any atom is 0.257 e. The van der Waals surface area contributed by atoms with Gasteiger partial charge in [0, 0.05) is 29.6 Å². The molecule has 2 aromatic heterocycles. The molecule has 27 heavy (non-hydrogen) atoms. The topological polar surface area (TPSA) is 72.7 Å². The van der Waals surface area contributed by atoms with Crippen LogP contribution >= 0.6 is 11.3 Å². The van der Waals surface area contributed by atoms with Crippen molar-refractivity contribution >= 4 is 33.4 Å². The van der Waals surface area contributed by atoms with E-state index >= 15 is 0 Å². The molecule has 1 amide bonds. The van der Waals surface area contributed by atoms with E-state index in [1.165, 1.54) is 23.5 Å². The molecule has 4 aromatic rings. The highest BCUT2D eigenvalue weighted by Gasteiger charge is 2.12. The Kier molecular flexibility index (Phi) is 4.64. The van der Waals surface area contributed by atoms with Crippen molar-refractivity contribution in [1.82, 2.24) is 20.0 Å². The molecule has 0 unspecified atom stereocenters. The number of aromatic nitrogens is 4. The Balaban J connectivity index is 1.46. The standard InChI is InChI=1S/C19H16FN5OS/c1-2-25-17-8-5-13(10-16(17)23-24-25)18(26)22-19-21-11-15(27-19)9-12-3-6-14(20)7-4-12/h3-8,10-11H,2,9H2,1H3,(H,21,22,26). The van der Waals surface area contributed by atoms with Crippen molar-refractivity contribution in [3.63, 3.8) is 0 Å². The van der Waals surface area contributed by atoms with Gasteiger partial charge in [-0.2, -0.15) is 0 Å². The van der Waals surface area contributed by atoms with Crippen molar-refractivity contribution in [1.29, 1.82) is 0 Å². The van der Waals surface area contributed by atoms with Crippen LogP contribution in [0, 0.1) is 5.82 Å². The summed E-state index contributed by atoms with van der Waals surface area (Å²) in [6.07, 6.45) is 2.36. The smallest absolute Gasteiger partial charge is 0.257 e. The van der Waals surface area contributed by atoms with Gasteiger partial charge in [0.25, 0.3) is 5.91 Å². The number of thiazole rings is 1. The fourth-order valence-corrected chi connectivity index (χ4v) is 3.61. The van der Waals surface area contributed by atoms with Crippen LogP contribution in [-0.2, 0) is 13.0 Å². The number of carbonyl (C=O) groups excluding carboxylic acids is 1. The van der Waals surface area contributed by atoms with E-state index in [0.717, 1.165) is 22.5 Å². The second kappa shape index (κ2) is 7.24. The lowest BCUT2D eigenvalue weighted by Crippen LogP contribution is -2.11. The minimum atomic E-state index is -0.257. The quantitative estimate of drug-likeness (QED) is 0.569. The van der Waals surface area contributed by atoms with Crippen LogP contribution in [0.25, 0.3) is 11.0 Å². The molecule has 0 saturated heterocycles. The van der Waals surface area contributed by atoms with Crippen molar-refractivity contribution in [2.45, 2.75) is 19.9 Å². The highest BCUT2D eigenvalue weighted by Crippen LogP contribution is 2.22. The summed E-state index contributed by atoms with van der Waals surface area (Å²) in [7, 11) is 0. The van der Waals surface area contributed by atoms with Crippen LogP contribution in [0.15, 0.2) is 48.7 Å². The van der Waals surface area contributed by atoms with Gasteiger partial charge in [0.05, 0.1) is 5.52 Å². The monoisotopic (exact) mass is 381 g/mol. The molecule has 0 saturated carbocycles. The van der Waals surface area contributed by atoms with Gasteiger partial charge in [0.1, 0.15) is 11.3 Å². The first-order chi connectivity index (χ1) is 13.1. The molecule has 2 aromatic carbocycles. The molecule has 6 nitrogen and oxygen atoms in total. The number of hydrogen-bond donors (Lipinski definition) is 1. The van der Waals surface area contributed by atoms with Crippen LogP contribution in [0.3, 0.4) is 0 Å². The molecule has 0 spiro atoms. The average molecular weight is 381 g/mol. The number of carbonyl (C=O) groups is 1. The fourth-order valence-electron chi connectivity index (χ4n) is 2.77. The summed E-state index contributed by atoms with van der Waals surface area (Å²) < 4.78 is 14.8. The van der Waals surface area contributed by atoms with Gasteiger partial charge in [-0.3, -0.25) is 10.1 Å². The molecule has 136 valence electrons. The fraction of sp³-hybridized carbons (Fsp3) is 0.158. The number of benzene rings is 2. The van der Waals surface area contributed by atoms with E-state index < -0.39 is 0 Å². The van der Waals surface area contributed by atoms with Crippen molar-refractivity contribution in [3.8, 4) is 0 Å². The minimum Gasteiger partial charge on any atom is -0.298 e. The Hall–Kier alpha value is -3.13. The van der Waals surface area contributed by atoms with E-state index in [1.54, 1.807) is 35.1 Å². The van der Waals surface area contributed by atoms with Crippen molar-refractivity contribution in [2.24, 2.45) is 0 Å². The summed E-state index contributed by atoms with van der Waals surface area (Å²) in [5.74, 6) is -0.502. The van der Waals surface area contributed by atoms with Gasteiger partial charge in [-0.05, 0) is 42.8 Å². The van der Waals surface area contributed by atoms with Gasteiger partial charge < -0.3 is 0 Å². The number of rotatable bonds is 5. The first kappa shape index (κ1) is 17.3. The summed E-state index contributed by atoms with van der Waals surface area (Å²) >= 11 is 1.40. The third-order valence-electron chi connectivity index (χ3n) is 4.14. The molecule has 0 aliphatic heterocycles. The van der Waals surface area contributed by atoms with Gasteiger partial charge in [0.15, 0.2) is 5.13 Å². The number of anilines is 1. The Morgan fingerprint density at radius 1 is 1.22 bits per heavy atom. The third-order valence-corrected chi connectivity index (χ3v) is 5.05. The first-order valence-corrected chi connectivity index (χ1v) is 9.28. The molecule has 0 atom stereocenters. The van der Waals surface area contributed by atoms with Crippen LogP contribution in [0.1, 0.15) is 27.7 Å². The molecule has 0 bridgehead atoms. The predicted octanol–water partition coefficient (Wildman–Crippen LogP) is 3.89. The molecule has 0 aliphatic carbocycles. The van der Waals surface area contributed by atoms with Crippen LogP contribution in [0.4, 0.5) is 9.52 Å². The Morgan fingerprint density at radius 2 is 2.04 bits per heavy atom. The molecule has 1 N–H and O–H groups in total. The molecule has 0 aliphatic rings. The molecular formula is C19H16FN5OS. The Morgan fingerprint density at radius 3 is 2.81 bits per heavy atom. The molecular weight excluding hydrogens is 365 g/mol. The maximum atomic E-state index is 13.0. The van der Waals surface area contributed by atoms with Gasteiger partial charge in [-0.25, -0.2) is 14.1 Å². The summed E-state index contributed by atoms with van der Waals surface area (Å²) in [6, 6.07) is 11.7. The largest absolute Gasteiger partial charge is 0.298 e. The van der Waals surface area contributed by atoms with E-state index in [9.17, 15) is 9.18 Å².